The van der Waals surface area contributed by atoms with Gasteiger partial charge in [-0.25, -0.2) is 8.42 Å². The van der Waals surface area contributed by atoms with E-state index in [-0.39, 0.29) is 10.3 Å². The number of hydrogen-bond donors (Lipinski definition) is 0. The van der Waals surface area contributed by atoms with Gasteiger partial charge in [0.15, 0.2) is 0 Å². The molecule has 2 heterocycles. The van der Waals surface area contributed by atoms with Gasteiger partial charge in [-0.1, -0.05) is 42.5 Å². The van der Waals surface area contributed by atoms with Gasteiger partial charge in [-0.15, -0.1) is 11.3 Å². The minimum Gasteiger partial charge on any atom is -0.300 e. The fourth-order valence-electron chi connectivity index (χ4n) is 5.35. The highest BCUT2D eigenvalue weighted by Gasteiger charge is 2.40. The number of thiophene rings is 1. The van der Waals surface area contributed by atoms with Crippen molar-refractivity contribution in [3.8, 4) is 0 Å². The third kappa shape index (κ3) is 4.08. The molecular weight excluding hydrogens is 423 g/mol. The van der Waals surface area contributed by atoms with Crippen LogP contribution >= 0.6 is 34.5 Å². The van der Waals surface area contributed by atoms with Crippen LogP contribution in [-0.4, -0.2) is 49.8 Å². The zero-order valence-corrected chi connectivity index (χ0v) is 18.9. The zero-order chi connectivity index (χ0) is 19.2. The monoisotopic (exact) mass is 450 g/mol. The number of nitrogens with zero attached hydrogens (tertiary/aromatic N) is 2. The first-order valence-corrected chi connectivity index (χ1v) is 13.0. The van der Waals surface area contributed by atoms with E-state index in [4.69, 9.17) is 23.2 Å². The maximum absolute atomic E-state index is 13.0. The first kappa shape index (κ1) is 20.4. The maximum Gasteiger partial charge on any atom is 0.252 e. The van der Waals surface area contributed by atoms with Crippen molar-refractivity contribution >= 4 is 44.6 Å². The summed E-state index contributed by atoms with van der Waals surface area (Å²) in [5.41, 5.74) is 0. The van der Waals surface area contributed by atoms with Crippen LogP contribution < -0.4 is 0 Å². The van der Waals surface area contributed by atoms with Crippen LogP contribution in [0.25, 0.3) is 0 Å². The Labute approximate surface area is 176 Å². The first-order valence-electron chi connectivity index (χ1n) is 10.0. The molecule has 1 aliphatic heterocycles. The zero-order valence-electron chi connectivity index (χ0n) is 15.7. The third-order valence-corrected chi connectivity index (χ3v) is 11.2. The highest BCUT2D eigenvalue weighted by atomic mass is 35.5. The lowest BCUT2D eigenvalue weighted by atomic mass is 9.75. The van der Waals surface area contributed by atoms with E-state index in [2.05, 4.69) is 4.90 Å². The summed E-state index contributed by atoms with van der Waals surface area (Å²) in [4.78, 5) is 2.66. The Morgan fingerprint density at radius 2 is 1.85 bits per heavy atom. The first-order chi connectivity index (χ1) is 12.9. The quantitative estimate of drug-likeness (QED) is 0.639. The number of piperidine rings is 1. The summed E-state index contributed by atoms with van der Waals surface area (Å²) in [6, 6.07) is 2.05. The Kier molecular flexibility index (Phi) is 6.14. The minimum absolute atomic E-state index is 0.0590. The molecule has 0 N–H and O–H groups in total. The van der Waals surface area contributed by atoms with Crippen LogP contribution in [0.4, 0.5) is 0 Å². The van der Waals surface area contributed by atoms with E-state index in [1.54, 1.807) is 11.4 Å². The fourth-order valence-corrected chi connectivity index (χ4v) is 8.81. The summed E-state index contributed by atoms with van der Waals surface area (Å²) >= 11 is 13.0. The van der Waals surface area contributed by atoms with Crippen LogP contribution in [-0.2, 0) is 10.0 Å². The van der Waals surface area contributed by atoms with Gasteiger partial charge in [0.25, 0.3) is 10.0 Å². The Hall–Kier alpha value is 0.150. The number of halogens is 2. The van der Waals surface area contributed by atoms with Crippen LogP contribution in [0.3, 0.4) is 0 Å². The summed E-state index contributed by atoms with van der Waals surface area (Å²) in [6.45, 7) is 2.40. The van der Waals surface area contributed by atoms with Gasteiger partial charge < -0.3 is 4.90 Å². The highest BCUT2D eigenvalue weighted by molar-refractivity contribution is 7.91. The molecule has 2 aliphatic carbocycles. The Bertz CT molecular complexity index is 763. The van der Waals surface area contributed by atoms with Crippen LogP contribution in [0.15, 0.2) is 10.3 Å². The summed E-state index contributed by atoms with van der Waals surface area (Å²) in [7, 11) is -1.83. The van der Waals surface area contributed by atoms with Crippen molar-refractivity contribution < 1.29 is 8.42 Å². The smallest absolute Gasteiger partial charge is 0.252 e. The molecule has 152 valence electrons. The summed E-state index contributed by atoms with van der Waals surface area (Å²) in [5.74, 6) is 1.80. The van der Waals surface area contributed by atoms with Crippen molar-refractivity contribution in [3.63, 3.8) is 0 Å². The van der Waals surface area contributed by atoms with Gasteiger partial charge in [0, 0.05) is 25.7 Å². The molecule has 0 unspecified atom stereocenters. The minimum atomic E-state index is -3.53. The fraction of sp³-hybridized carbons (Fsp3) is 0.789. The van der Waals surface area contributed by atoms with E-state index in [0.29, 0.717) is 15.4 Å². The molecule has 0 aromatic carbocycles. The van der Waals surface area contributed by atoms with Gasteiger partial charge in [-0.2, -0.15) is 4.31 Å². The molecule has 1 aromatic rings. The lowest BCUT2D eigenvalue weighted by Gasteiger charge is -2.43. The molecule has 2 saturated carbocycles. The van der Waals surface area contributed by atoms with Gasteiger partial charge in [0.2, 0.25) is 0 Å². The molecule has 8 heteroatoms. The van der Waals surface area contributed by atoms with Crippen LogP contribution in [0.1, 0.15) is 51.4 Å². The van der Waals surface area contributed by atoms with Crippen molar-refractivity contribution in [2.24, 2.45) is 11.8 Å². The molecule has 0 bridgehead atoms. The largest absolute Gasteiger partial charge is 0.300 e. The van der Waals surface area contributed by atoms with Gasteiger partial charge >= 0.3 is 0 Å². The average Bonchev–Trinajstić information content (AvgIpc) is 3.28. The Balaban J connectivity index is 1.40. The number of rotatable bonds is 4. The van der Waals surface area contributed by atoms with Crippen molar-refractivity contribution in [1.29, 1.82) is 0 Å². The van der Waals surface area contributed by atoms with E-state index in [0.717, 1.165) is 42.4 Å². The maximum atomic E-state index is 13.0. The molecule has 3 aliphatic rings. The Morgan fingerprint density at radius 1 is 1.11 bits per heavy atom. The van der Waals surface area contributed by atoms with Crippen molar-refractivity contribution in [2.75, 3.05) is 20.1 Å². The normalized spacial score (nSPS) is 32.7. The van der Waals surface area contributed by atoms with Crippen molar-refractivity contribution in [1.82, 2.24) is 9.21 Å². The number of sulfonamides is 1. The topological polar surface area (TPSA) is 40.6 Å². The molecule has 27 heavy (non-hydrogen) atoms. The van der Waals surface area contributed by atoms with Crippen LogP contribution in [0, 0.1) is 11.8 Å². The van der Waals surface area contributed by atoms with E-state index in [1.165, 1.54) is 51.3 Å². The SMILES string of the molecule is CN([C@@H]1CC[C@H](N2CC[C@H]3CCCC[C@H]3C2)C1)S(=O)(=O)c1cc(Cl)c(Cl)s1. The molecule has 4 rings (SSSR count). The lowest BCUT2D eigenvalue weighted by Crippen LogP contribution is -2.46. The second kappa shape index (κ2) is 8.11. The van der Waals surface area contributed by atoms with Gasteiger partial charge in [0.1, 0.15) is 8.55 Å². The molecular formula is C19H28Cl2N2O2S2. The van der Waals surface area contributed by atoms with Crippen LogP contribution in [0.2, 0.25) is 9.36 Å². The van der Waals surface area contributed by atoms with Crippen molar-refractivity contribution in [3.05, 3.63) is 15.4 Å². The molecule has 1 saturated heterocycles. The second-order valence-corrected chi connectivity index (χ2v) is 12.7. The predicted molar refractivity (Wildman–Crippen MR) is 112 cm³/mol. The van der Waals surface area contributed by atoms with E-state index in [9.17, 15) is 8.42 Å². The molecule has 0 amide bonds. The van der Waals surface area contributed by atoms with Gasteiger partial charge in [-0.05, 0) is 56.6 Å². The summed E-state index contributed by atoms with van der Waals surface area (Å²) in [5, 5.41) is 0.313. The number of fused-ring (bicyclic) bond motifs is 1. The number of hydrogen-bond acceptors (Lipinski definition) is 4. The average molecular weight is 451 g/mol. The molecule has 1 aromatic heterocycles. The van der Waals surface area contributed by atoms with E-state index < -0.39 is 10.0 Å². The second-order valence-electron chi connectivity index (χ2n) is 8.42. The predicted octanol–water partition coefficient (Wildman–Crippen LogP) is 5.11. The molecule has 0 spiro atoms. The number of likely N-dealkylation sites (tertiary alicyclic amines) is 1. The summed E-state index contributed by atoms with van der Waals surface area (Å²) < 4.78 is 28.1. The van der Waals surface area contributed by atoms with Gasteiger partial charge in [-0.3, -0.25) is 0 Å². The molecule has 4 atom stereocenters. The van der Waals surface area contributed by atoms with E-state index >= 15 is 0 Å². The molecule has 0 radical (unpaired) electrons. The summed E-state index contributed by atoms with van der Waals surface area (Å²) in [6.07, 6.45) is 9.86. The van der Waals surface area contributed by atoms with Gasteiger partial charge in [0.05, 0.1) is 5.02 Å². The van der Waals surface area contributed by atoms with E-state index in [1.807, 2.05) is 0 Å². The molecule has 4 nitrogen and oxygen atoms in total. The molecule has 3 fully saturated rings. The Morgan fingerprint density at radius 3 is 2.56 bits per heavy atom. The lowest BCUT2D eigenvalue weighted by molar-refractivity contribution is 0.0571. The highest BCUT2D eigenvalue weighted by Crippen LogP contribution is 2.40. The van der Waals surface area contributed by atoms with Crippen LogP contribution in [0.5, 0.6) is 0 Å². The third-order valence-electron chi connectivity index (χ3n) is 6.99. The standard InChI is InChI=1S/C19H28Cl2N2O2S2/c1-22(27(24,25)18-11-17(20)19(21)26-18)15-6-7-16(10-15)23-9-8-13-4-2-3-5-14(13)12-23/h11,13-16H,2-10,12H2,1H3/t13-,14+,15-,16+/m1/s1. The van der Waals surface area contributed by atoms with Crippen molar-refractivity contribution in [2.45, 2.75) is 67.7 Å².